The van der Waals surface area contributed by atoms with Crippen LogP contribution >= 0.6 is 0 Å². The van der Waals surface area contributed by atoms with Crippen LogP contribution in [0.15, 0.2) is 48.8 Å². The number of allylic oxidation sites excluding steroid dienone is 4. The first kappa shape index (κ1) is 24.8. The topological polar surface area (TPSA) is 20.2 Å². The molecule has 1 nitrogen and oxygen atoms in total. The first-order valence-corrected chi connectivity index (χ1v) is 6.60. The molecule has 0 aromatic rings. The predicted octanol–water partition coefficient (Wildman–Crippen LogP) is 6.22. The molecular weight excluding hydrogens is 208 g/mol. The summed E-state index contributed by atoms with van der Waals surface area (Å²) in [6, 6.07) is 0. The monoisotopic (exact) mass is 240 g/mol. The third-order valence-electron chi connectivity index (χ3n) is 1.22. The van der Waals surface area contributed by atoms with Crippen molar-refractivity contribution in [2.45, 2.75) is 54.9 Å². The standard InChI is InChI=1S/C10H14O.3C2H6/c1-4-7-9(6-3)10(11)8-5-2;3*1-2/h5-8,11H,2-4H2,1H3;3*1-2H3/b9-7-,10-8+;;;. The van der Waals surface area contributed by atoms with Gasteiger partial charge in [0.25, 0.3) is 0 Å². The van der Waals surface area contributed by atoms with E-state index >= 15 is 0 Å². The van der Waals surface area contributed by atoms with Gasteiger partial charge in [0.05, 0.1) is 0 Å². The number of aliphatic hydroxyl groups is 1. The molecule has 0 aliphatic heterocycles. The maximum Gasteiger partial charge on any atom is 0.122 e. The van der Waals surface area contributed by atoms with Crippen LogP contribution < -0.4 is 0 Å². The molecule has 0 saturated carbocycles. The van der Waals surface area contributed by atoms with Gasteiger partial charge in [-0.3, -0.25) is 0 Å². The van der Waals surface area contributed by atoms with Crippen molar-refractivity contribution in [2.75, 3.05) is 0 Å². The van der Waals surface area contributed by atoms with E-state index in [9.17, 15) is 5.11 Å². The maximum atomic E-state index is 9.29. The van der Waals surface area contributed by atoms with Crippen molar-refractivity contribution < 1.29 is 5.11 Å². The largest absolute Gasteiger partial charge is 0.507 e. The molecule has 0 atom stereocenters. The number of hydrogen-bond donors (Lipinski definition) is 1. The zero-order chi connectivity index (χ0) is 14.7. The van der Waals surface area contributed by atoms with E-state index in [1.54, 1.807) is 18.2 Å². The van der Waals surface area contributed by atoms with Gasteiger partial charge in [-0.1, -0.05) is 79.9 Å². The van der Waals surface area contributed by atoms with E-state index in [0.29, 0.717) is 0 Å². The Morgan fingerprint density at radius 2 is 1.41 bits per heavy atom. The number of rotatable bonds is 4. The van der Waals surface area contributed by atoms with E-state index in [-0.39, 0.29) is 5.76 Å². The van der Waals surface area contributed by atoms with Crippen molar-refractivity contribution in [3.63, 3.8) is 0 Å². The number of aliphatic hydroxyl groups excluding tert-OH is 1. The van der Waals surface area contributed by atoms with E-state index in [0.717, 1.165) is 12.0 Å². The van der Waals surface area contributed by atoms with E-state index in [1.807, 2.05) is 54.5 Å². The first-order chi connectivity index (χ1) is 8.26. The highest BCUT2D eigenvalue weighted by Gasteiger charge is 1.93. The van der Waals surface area contributed by atoms with Crippen LogP contribution in [0.25, 0.3) is 0 Å². The molecule has 102 valence electrons. The molecule has 0 bridgehead atoms. The Hall–Kier alpha value is -1.24. The quantitative estimate of drug-likeness (QED) is 0.457. The summed E-state index contributed by atoms with van der Waals surface area (Å²) in [5.74, 6) is 0.219. The van der Waals surface area contributed by atoms with E-state index in [2.05, 4.69) is 13.2 Å². The van der Waals surface area contributed by atoms with Gasteiger partial charge in [-0.05, 0) is 12.5 Å². The molecule has 0 aliphatic carbocycles. The van der Waals surface area contributed by atoms with Crippen molar-refractivity contribution in [1.82, 2.24) is 0 Å². The fraction of sp³-hybridized carbons (Fsp3) is 0.500. The van der Waals surface area contributed by atoms with Crippen LogP contribution in [0, 0.1) is 0 Å². The third kappa shape index (κ3) is 20.8. The summed E-state index contributed by atoms with van der Waals surface area (Å²) in [6.07, 6.45) is 7.50. The molecule has 1 heteroatoms. The summed E-state index contributed by atoms with van der Waals surface area (Å²) in [6.45, 7) is 21.1. The highest BCUT2D eigenvalue weighted by atomic mass is 16.3. The summed E-state index contributed by atoms with van der Waals surface area (Å²) >= 11 is 0. The lowest BCUT2D eigenvalue weighted by Crippen LogP contribution is -1.83. The molecule has 0 aromatic carbocycles. The van der Waals surface area contributed by atoms with E-state index < -0.39 is 0 Å². The van der Waals surface area contributed by atoms with Crippen LogP contribution in [0.2, 0.25) is 0 Å². The van der Waals surface area contributed by atoms with Gasteiger partial charge in [-0.15, -0.1) is 0 Å². The zero-order valence-corrected chi connectivity index (χ0v) is 12.9. The Labute approximate surface area is 109 Å². The summed E-state index contributed by atoms with van der Waals surface area (Å²) in [4.78, 5) is 0. The summed E-state index contributed by atoms with van der Waals surface area (Å²) in [7, 11) is 0. The second kappa shape index (κ2) is 29.3. The lowest BCUT2D eigenvalue weighted by Gasteiger charge is -1.97. The van der Waals surface area contributed by atoms with Gasteiger partial charge in [0.1, 0.15) is 5.76 Å². The lowest BCUT2D eigenvalue weighted by molar-refractivity contribution is 0.426. The SMILES string of the molecule is C=C/C=C(O)\C(C=C)=C/CC.CC.CC.CC. The minimum Gasteiger partial charge on any atom is -0.507 e. The smallest absolute Gasteiger partial charge is 0.122 e. The maximum absolute atomic E-state index is 9.29. The van der Waals surface area contributed by atoms with E-state index in [4.69, 9.17) is 0 Å². The summed E-state index contributed by atoms with van der Waals surface area (Å²) in [5.41, 5.74) is 0.757. The molecule has 0 amide bonds. The van der Waals surface area contributed by atoms with Crippen LogP contribution in [-0.2, 0) is 0 Å². The van der Waals surface area contributed by atoms with Gasteiger partial charge in [0, 0.05) is 5.57 Å². The van der Waals surface area contributed by atoms with E-state index in [1.165, 1.54) is 0 Å². The Kier molecular flexibility index (Phi) is 42.8. The second-order valence-corrected chi connectivity index (χ2v) is 2.06. The van der Waals surface area contributed by atoms with Crippen LogP contribution in [0.3, 0.4) is 0 Å². The third-order valence-corrected chi connectivity index (χ3v) is 1.22. The Bertz CT molecular complexity index is 198. The molecule has 0 unspecified atom stereocenters. The molecule has 0 aromatic heterocycles. The number of hydrogen-bond acceptors (Lipinski definition) is 1. The van der Waals surface area contributed by atoms with Crippen molar-refractivity contribution in [3.8, 4) is 0 Å². The van der Waals surface area contributed by atoms with Gasteiger partial charge < -0.3 is 5.11 Å². The summed E-state index contributed by atoms with van der Waals surface area (Å²) < 4.78 is 0. The van der Waals surface area contributed by atoms with Crippen molar-refractivity contribution in [3.05, 3.63) is 48.8 Å². The highest BCUT2D eigenvalue weighted by Crippen LogP contribution is 2.08. The average Bonchev–Trinajstić information content (AvgIpc) is 2.43. The van der Waals surface area contributed by atoms with Crippen LogP contribution in [0.5, 0.6) is 0 Å². The Morgan fingerprint density at radius 1 is 1.00 bits per heavy atom. The molecule has 0 aliphatic rings. The molecule has 0 spiro atoms. The van der Waals surface area contributed by atoms with Crippen molar-refractivity contribution >= 4 is 0 Å². The van der Waals surface area contributed by atoms with Crippen LogP contribution in [0.4, 0.5) is 0 Å². The summed E-state index contributed by atoms with van der Waals surface area (Å²) in [5, 5.41) is 9.29. The zero-order valence-electron chi connectivity index (χ0n) is 12.9. The van der Waals surface area contributed by atoms with Gasteiger partial charge >= 0.3 is 0 Å². The normalized spacial score (nSPS) is 9.35. The molecular formula is C16H32O. The van der Waals surface area contributed by atoms with Crippen molar-refractivity contribution in [2.24, 2.45) is 0 Å². The minimum atomic E-state index is 0.219. The predicted molar refractivity (Wildman–Crippen MR) is 83.5 cm³/mol. The Balaban J connectivity index is -0.000000121. The lowest BCUT2D eigenvalue weighted by atomic mass is 10.2. The van der Waals surface area contributed by atoms with Gasteiger partial charge in [-0.2, -0.15) is 0 Å². The van der Waals surface area contributed by atoms with Crippen LogP contribution in [0.1, 0.15) is 54.9 Å². The van der Waals surface area contributed by atoms with Gasteiger partial charge in [-0.25, -0.2) is 0 Å². The van der Waals surface area contributed by atoms with Crippen LogP contribution in [-0.4, -0.2) is 5.11 Å². The fourth-order valence-electron chi connectivity index (χ4n) is 0.720. The second-order valence-electron chi connectivity index (χ2n) is 2.06. The molecule has 0 heterocycles. The molecule has 0 fully saturated rings. The van der Waals surface area contributed by atoms with Gasteiger partial charge in [0.15, 0.2) is 0 Å². The first-order valence-electron chi connectivity index (χ1n) is 6.60. The minimum absolute atomic E-state index is 0.219. The molecule has 0 saturated heterocycles. The fourth-order valence-corrected chi connectivity index (χ4v) is 0.720. The average molecular weight is 240 g/mol. The van der Waals surface area contributed by atoms with Crippen molar-refractivity contribution in [1.29, 1.82) is 0 Å². The Morgan fingerprint density at radius 3 is 1.65 bits per heavy atom. The van der Waals surface area contributed by atoms with Gasteiger partial charge in [0.2, 0.25) is 0 Å². The molecule has 1 N–H and O–H groups in total. The molecule has 0 rings (SSSR count). The molecule has 0 radical (unpaired) electrons. The molecule has 17 heavy (non-hydrogen) atoms. The highest BCUT2D eigenvalue weighted by molar-refractivity contribution is 5.35.